The van der Waals surface area contributed by atoms with Crippen molar-refractivity contribution in [1.29, 1.82) is 0 Å². The largest absolute Gasteiger partial charge is 0.356 e. The quantitative estimate of drug-likeness (QED) is 0.211. The molecule has 0 bridgehead atoms. The van der Waals surface area contributed by atoms with Crippen molar-refractivity contribution >= 4 is 51.3 Å². The molecule has 2 N–H and O–H groups in total. The molecule has 168 valence electrons. The number of rotatable bonds is 9. The molecule has 0 aromatic carbocycles. The molecule has 29 heavy (non-hydrogen) atoms. The van der Waals surface area contributed by atoms with Crippen LogP contribution in [0.25, 0.3) is 0 Å². The minimum absolute atomic E-state index is 0. The van der Waals surface area contributed by atoms with Crippen molar-refractivity contribution in [3.8, 4) is 0 Å². The van der Waals surface area contributed by atoms with E-state index in [9.17, 15) is 8.42 Å². The lowest BCUT2D eigenvalue weighted by Gasteiger charge is -2.39. The highest BCUT2D eigenvalue weighted by atomic mass is 127. The average molecular weight is 558 g/mol. The van der Waals surface area contributed by atoms with Crippen LogP contribution in [0.5, 0.6) is 0 Å². The van der Waals surface area contributed by atoms with E-state index in [1.165, 1.54) is 28.3 Å². The van der Waals surface area contributed by atoms with E-state index in [0.717, 1.165) is 25.5 Å². The first-order chi connectivity index (χ1) is 13.4. The first-order valence-corrected chi connectivity index (χ1v) is 12.7. The molecule has 0 spiro atoms. The highest BCUT2D eigenvalue weighted by molar-refractivity contribution is 14.0. The summed E-state index contributed by atoms with van der Waals surface area (Å²) < 4.78 is 24.8. The number of sulfonamides is 1. The highest BCUT2D eigenvalue weighted by Crippen LogP contribution is 2.36. The third kappa shape index (κ3) is 8.31. The summed E-state index contributed by atoms with van der Waals surface area (Å²) in [4.78, 5) is 8.21. The molecule has 2 rings (SSSR count). The summed E-state index contributed by atoms with van der Waals surface area (Å²) in [6.45, 7) is 5.58. The predicted octanol–water partition coefficient (Wildman–Crippen LogP) is 2.59. The number of nitrogens with one attached hydrogen (secondary N) is 2. The fraction of sp³-hybridized carbons (Fsp3) is 0.737. The minimum Gasteiger partial charge on any atom is -0.356 e. The van der Waals surface area contributed by atoms with Crippen LogP contribution in [-0.4, -0.2) is 76.7 Å². The fourth-order valence-corrected chi connectivity index (χ4v) is 5.76. The first kappa shape index (κ1) is 26.6. The molecule has 2 heterocycles. The van der Waals surface area contributed by atoms with Crippen LogP contribution in [0.3, 0.4) is 0 Å². The molecule has 2 atom stereocenters. The molecular formula is C19H36IN5O2S2. The van der Waals surface area contributed by atoms with E-state index >= 15 is 0 Å². The van der Waals surface area contributed by atoms with Gasteiger partial charge in [-0.3, -0.25) is 9.89 Å². The summed E-state index contributed by atoms with van der Waals surface area (Å²) in [5.74, 6) is 1.32. The maximum atomic E-state index is 11.6. The second-order valence-corrected chi connectivity index (χ2v) is 10.3. The predicted molar refractivity (Wildman–Crippen MR) is 134 cm³/mol. The summed E-state index contributed by atoms with van der Waals surface area (Å²) in [5.41, 5.74) is 0. The second-order valence-electron chi connectivity index (χ2n) is 7.33. The van der Waals surface area contributed by atoms with Gasteiger partial charge in [0.25, 0.3) is 0 Å². The number of hydrogen-bond acceptors (Lipinski definition) is 5. The Labute approximate surface area is 197 Å². The molecule has 0 amide bonds. The molecule has 0 aliphatic carbocycles. The van der Waals surface area contributed by atoms with E-state index in [1.807, 2.05) is 18.3 Å². The Kier molecular flexibility index (Phi) is 12.0. The molecule has 1 aliphatic heterocycles. The summed E-state index contributed by atoms with van der Waals surface area (Å²) in [5, 5.41) is 8.93. The van der Waals surface area contributed by atoms with Crippen molar-refractivity contribution in [1.82, 2.24) is 19.8 Å². The number of guanidine groups is 1. The smallest absolute Gasteiger partial charge is 0.211 e. The molecule has 1 fully saturated rings. The van der Waals surface area contributed by atoms with Crippen LogP contribution in [0.2, 0.25) is 0 Å². The molecule has 1 aliphatic rings. The van der Waals surface area contributed by atoms with Crippen molar-refractivity contribution < 1.29 is 8.42 Å². The van der Waals surface area contributed by atoms with Gasteiger partial charge in [-0.2, -0.15) is 0 Å². The number of hydrogen-bond donors (Lipinski definition) is 2. The normalized spacial score (nSPS) is 21.1. The SMILES string of the molecule is CCN(CCCNC(=NC)NCC1CCCN(C)C1c1cccs1)S(C)(=O)=O.I. The van der Waals surface area contributed by atoms with Gasteiger partial charge < -0.3 is 10.6 Å². The van der Waals surface area contributed by atoms with Crippen LogP contribution < -0.4 is 10.6 Å². The summed E-state index contributed by atoms with van der Waals surface area (Å²) in [7, 11) is 0.862. The molecule has 2 unspecified atom stereocenters. The van der Waals surface area contributed by atoms with Crippen LogP contribution in [0, 0.1) is 5.92 Å². The van der Waals surface area contributed by atoms with E-state index in [1.54, 1.807) is 7.05 Å². The number of thiophene rings is 1. The molecule has 1 saturated heterocycles. The molecule has 7 nitrogen and oxygen atoms in total. The van der Waals surface area contributed by atoms with Crippen LogP contribution in [0.4, 0.5) is 0 Å². The Morgan fingerprint density at radius 1 is 1.41 bits per heavy atom. The fourth-order valence-electron chi connectivity index (χ4n) is 3.85. The van der Waals surface area contributed by atoms with Crippen molar-refractivity contribution in [2.75, 3.05) is 53.1 Å². The zero-order valence-electron chi connectivity index (χ0n) is 17.9. The van der Waals surface area contributed by atoms with Crippen LogP contribution in [-0.2, 0) is 10.0 Å². The monoisotopic (exact) mass is 557 g/mol. The van der Waals surface area contributed by atoms with Gasteiger partial charge in [0.2, 0.25) is 10.0 Å². The van der Waals surface area contributed by atoms with Crippen molar-refractivity contribution in [3.63, 3.8) is 0 Å². The summed E-state index contributed by atoms with van der Waals surface area (Å²) in [6, 6.07) is 4.81. The molecular weight excluding hydrogens is 521 g/mol. The number of likely N-dealkylation sites (tertiary alicyclic amines) is 1. The lowest BCUT2D eigenvalue weighted by atomic mass is 9.88. The molecule has 1 aromatic heterocycles. The summed E-state index contributed by atoms with van der Waals surface area (Å²) in [6.07, 6.45) is 4.42. The van der Waals surface area contributed by atoms with Gasteiger partial charge in [0.1, 0.15) is 0 Å². The Morgan fingerprint density at radius 3 is 2.76 bits per heavy atom. The van der Waals surface area contributed by atoms with E-state index < -0.39 is 10.0 Å². The van der Waals surface area contributed by atoms with E-state index in [-0.39, 0.29) is 24.0 Å². The van der Waals surface area contributed by atoms with E-state index in [2.05, 4.69) is 45.1 Å². The Bertz CT molecular complexity index is 712. The maximum Gasteiger partial charge on any atom is 0.211 e. The summed E-state index contributed by atoms with van der Waals surface area (Å²) >= 11 is 1.83. The zero-order valence-corrected chi connectivity index (χ0v) is 21.9. The lowest BCUT2D eigenvalue weighted by molar-refractivity contribution is 0.125. The third-order valence-corrected chi connectivity index (χ3v) is 7.62. The Hall–Kier alpha value is -0.430. The molecule has 0 saturated carbocycles. The minimum atomic E-state index is -3.12. The first-order valence-electron chi connectivity index (χ1n) is 10.00. The van der Waals surface area contributed by atoms with E-state index in [4.69, 9.17) is 0 Å². The number of aliphatic imine (C=N–C) groups is 1. The van der Waals surface area contributed by atoms with Crippen molar-refractivity contribution in [3.05, 3.63) is 22.4 Å². The average Bonchev–Trinajstić information content (AvgIpc) is 3.17. The van der Waals surface area contributed by atoms with Gasteiger partial charge in [0.05, 0.1) is 6.26 Å². The Balaban J connectivity index is 0.00000420. The second kappa shape index (κ2) is 13.1. The van der Waals surface area contributed by atoms with Gasteiger partial charge in [-0.1, -0.05) is 13.0 Å². The van der Waals surface area contributed by atoms with Gasteiger partial charge >= 0.3 is 0 Å². The number of nitrogens with zero attached hydrogens (tertiary/aromatic N) is 3. The molecule has 0 radical (unpaired) electrons. The Morgan fingerprint density at radius 2 is 2.17 bits per heavy atom. The van der Waals surface area contributed by atoms with Gasteiger partial charge in [0, 0.05) is 44.1 Å². The standard InChI is InChI=1S/C19H35N5O2S2.HI/c1-5-24(28(4,25)26)13-8-11-21-19(20-2)22-15-16-9-6-12-23(3)18(16)17-10-7-14-27-17;/h7,10,14,16,18H,5-6,8-9,11-13,15H2,1-4H3,(H2,20,21,22);1H. The van der Waals surface area contributed by atoms with Crippen LogP contribution in [0.1, 0.15) is 37.1 Å². The number of piperidine rings is 1. The zero-order chi connectivity index (χ0) is 20.6. The number of halogens is 1. The van der Waals surface area contributed by atoms with Crippen molar-refractivity contribution in [2.24, 2.45) is 10.9 Å². The molecule has 10 heteroatoms. The van der Waals surface area contributed by atoms with Crippen molar-refractivity contribution in [2.45, 2.75) is 32.2 Å². The molecule has 1 aromatic rings. The lowest BCUT2D eigenvalue weighted by Crippen LogP contribution is -2.45. The van der Waals surface area contributed by atoms with Crippen LogP contribution in [0.15, 0.2) is 22.5 Å². The third-order valence-electron chi connectivity index (χ3n) is 5.30. The van der Waals surface area contributed by atoms with Gasteiger partial charge in [-0.25, -0.2) is 12.7 Å². The maximum absolute atomic E-state index is 11.6. The topological polar surface area (TPSA) is 77.0 Å². The van der Waals surface area contributed by atoms with Gasteiger partial charge in [-0.15, -0.1) is 35.3 Å². The van der Waals surface area contributed by atoms with Crippen LogP contribution >= 0.6 is 35.3 Å². The highest BCUT2D eigenvalue weighted by Gasteiger charge is 2.31. The van der Waals surface area contributed by atoms with Gasteiger partial charge in [0.15, 0.2) is 5.96 Å². The van der Waals surface area contributed by atoms with Gasteiger partial charge in [-0.05, 0) is 50.2 Å². The van der Waals surface area contributed by atoms with E-state index in [0.29, 0.717) is 31.6 Å².